The molecule has 1 N–H and O–H groups in total. The topological polar surface area (TPSA) is 44.4 Å². The van der Waals surface area contributed by atoms with E-state index in [4.69, 9.17) is 4.74 Å². The van der Waals surface area contributed by atoms with E-state index in [1.54, 1.807) is 31.4 Å². The standard InChI is InChI=1S/C16H21FN2.C11H18N2OS/c1-11-8-13-12-6-4-5-7-14(12)18-15(13)9-19(11)10-16(2,3)17;1-2-3-5-13-6-4-10(8-13)14-11-7-12-9-15-11/h4-7,11,18H,8-10H2,1-3H3;7,9-10H,2-6,8H2,1H3. The van der Waals surface area contributed by atoms with Crippen molar-refractivity contribution in [2.45, 2.75) is 77.7 Å². The lowest BCUT2D eigenvalue weighted by atomic mass is 9.96. The molecule has 0 amide bonds. The van der Waals surface area contributed by atoms with Crippen LogP contribution >= 0.6 is 11.3 Å². The lowest BCUT2D eigenvalue weighted by Crippen LogP contribution is -2.44. The quantitative estimate of drug-likeness (QED) is 0.441. The van der Waals surface area contributed by atoms with E-state index in [1.807, 2.05) is 5.51 Å². The van der Waals surface area contributed by atoms with E-state index in [0.717, 1.165) is 31.0 Å². The zero-order chi connectivity index (χ0) is 24.1. The van der Waals surface area contributed by atoms with Crippen molar-refractivity contribution in [3.8, 4) is 5.06 Å². The summed E-state index contributed by atoms with van der Waals surface area (Å²) in [4.78, 5) is 12.2. The van der Waals surface area contributed by atoms with Gasteiger partial charge in [-0.3, -0.25) is 9.80 Å². The third-order valence-corrected chi connectivity index (χ3v) is 7.38. The molecule has 5 nitrogen and oxygen atoms in total. The van der Waals surface area contributed by atoms with Crippen LogP contribution in [0.5, 0.6) is 5.06 Å². The highest BCUT2D eigenvalue weighted by atomic mass is 32.1. The normalized spacial score (nSPS) is 21.3. The van der Waals surface area contributed by atoms with Gasteiger partial charge in [0.1, 0.15) is 11.8 Å². The summed E-state index contributed by atoms with van der Waals surface area (Å²) in [7, 11) is 0. The van der Waals surface area contributed by atoms with Crippen molar-refractivity contribution in [2.24, 2.45) is 0 Å². The molecular formula is C27H39FN4OS. The Morgan fingerprint density at radius 1 is 1.29 bits per heavy atom. The van der Waals surface area contributed by atoms with Gasteiger partial charge in [-0.15, -0.1) is 0 Å². The Balaban J connectivity index is 0.000000166. The number of ether oxygens (including phenoxy) is 1. The number of unbranched alkanes of at least 4 members (excludes halogenated alkanes) is 1. The number of para-hydroxylation sites is 1. The number of nitrogens with zero attached hydrogens (tertiary/aromatic N) is 3. The summed E-state index contributed by atoms with van der Waals surface area (Å²) < 4.78 is 19.7. The Morgan fingerprint density at radius 2 is 2.12 bits per heavy atom. The number of rotatable bonds is 7. The molecule has 7 heteroatoms. The number of thiazole rings is 1. The van der Waals surface area contributed by atoms with Crippen molar-refractivity contribution in [2.75, 3.05) is 26.2 Å². The van der Waals surface area contributed by atoms with Crippen LogP contribution in [0.25, 0.3) is 10.9 Å². The van der Waals surface area contributed by atoms with Gasteiger partial charge in [0.25, 0.3) is 0 Å². The second-order valence-corrected chi connectivity index (χ2v) is 11.2. The number of aromatic amines is 1. The van der Waals surface area contributed by atoms with Crippen molar-refractivity contribution < 1.29 is 9.13 Å². The Morgan fingerprint density at radius 3 is 2.85 bits per heavy atom. The van der Waals surface area contributed by atoms with Gasteiger partial charge in [-0.25, -0.2) is 9.37 Å². The van der Waals surface area contributed by atoms with E-state index in [-0.39, 0.29) is 0 Å². The fourth-order valence-electron chi connectivity index (χ4n) is 5.01. The molecule has 0 spiro atoms. The molecule has 1 fully saturated rings. The number of aromatic nitrogens is 2. The highest BCUT2D eigenvalue weighted by Gasteiger charge is 2.30. The van der Waals surface area contributed by atoms with Crippen molar-refractivity contribution in [3.63, 3.8) is 0 Å². The van der Waals surface area contributed by atoms with Gasteiger partial charge in [0.15, 0.2) is 5.06 Å². The number of H-pyrrole nitrogens is 1. The fraction of sp³-hybridized carbons (Fsp3) is 0.593. The molecule has 2 atom stereocenters. The Kier molecular flexibility index (Phi) is 8.27. The van der Waals surface area contributed by atoms with E-state index in [2.05, 4.69) is 57.9 Å². The molecule has 34 heavy (non-hydrogen) atoms. The van der Waals surface area contributed by atoms with Crippen LogP contribution in [-0.2, 0) is 13.0 Å². The van der Waals surface area contributed by atoms with E-state index < -0.39 is 5.67 Å². The number of alkyl halides is 1. The lowest BCUT2D eigenvalue weighted by Gasteiger charge is -2.36. The average molecular weight is 487 g/mol. The molecule has 0 bridgehead atoms. The van der Waals surface area contributed by atoms with Crippen LogP contribution in [0.15, 0.2) is 36.0 Å². The van der Waals surface area contributed by atoms with Crippen molar-refractivity contribution in [1.29, 1.82) is 0 Å². The zero-order valence-corrected chi connectivity index (χ0v) is 21.8. The number of hydrogen-bond donors (Lipinski definition) is 1. The summed E-state index contributed by atoms with van der Waals surface area (Å²) >= 11 is 1.58. The monoisotopic (exact) mass is 486 g/mol. The molecule has 2 aliphatic rings. The minimum absolute atomic E-state index is 0.377. The highest BCUT2D eigenvalue weighted by molar-refractivity contribution is 7.11. The third kappa shape index (κ3) is 6.58. The maximum atomic E-state index is 13.9. The number of fused-ring (bicyclic) bond motifs is 3. The summed E-state index contributed by atoms with van der Waals surface area (Å²) in [5, 5.41) is 2.28. The first-order valence-corrected chi connectivity index (χ1v) is 13.5. The maximum Gasteiger partial charge on any atom is 0.194 e. The molecule has 1 saturated heterocycles. The van der Waals surface area contributed by atoms with Crippen molar-refractivity contribution in [1.82, 2.24) is 19.8 Å². The average Bonchev–Trinajstić information content (AvgIpc) is 3.53. The predicted octanol–water partition coefficient (Wildman–Crippen LogP) is 6.06. The van der Waals surface area contributed by atoms with Crippen LogP contribution in [0, 0.1) is 0 Å². The summed E-state index contributed by atoms with van der Waals surface area (Å²) in [6, 6.07) is 8.81. The number of hydrogen-bond acceptors (Lipinski definition) is 5. The second kappa shape index (κ2) is 11.2. The third-order valence-electron chi connectivity index (χ3n) is 6.71. The molecule has 5 rings (SSSR count). The number of benzene rings is 1. The maximum absolute atomic E-state index is 13.9. The van der Waals surface area contributed by atoms with Gasteiger partial charge < -0.3 is 9.72 Å². The smallest absolute Gasteiger partial charge is 0.194 e. The van der Waals surface area contributed by atoms with Gasteiger partial charge in [0, 0.05) is 48.8 Å². The predicted molar refractivity (Wildman–Crippen MR) is 140 cm³/mol. The van der Waals surface area contributed by atoms with Crippen LogP contribution in [0.4, 0.5) is 4.39 Å². The van der Waals surface area contributed by atoms with Gasteiger partial charge >= 0.3 is 0 Å². The molecule has 2 aliphatic heterocycles. The molecule has 186 valence electrons. The van der Waals surface area contributed by atoms with Crippen LogP contribution < -0.4 is 4.74 Å². The Hall–Kier alpha value is -1.96. The largest absolute Gasteiger partial charge is 0.478 e. The van der Waals surface area contributed by atoms with Crippen LogP contribution in [0.3, 0.4) is 0 Å². The van der Waals surface area contributed by atoms with Gasteiger partial charge in [0.05, 0.1) is 11.7 Å². The van der Waals surface area contributed by atoms with Gasteiger partial charge in [-0.05, 0) is 58.2 Å². The molecule has 1 aromatic carbocycles. The molecule has 0 saturated carbocycles. The zero-order valence-electron chi connectivity index (χ0n) is 21.0. The van der Waals surface area contributed by atoms with Gasteiger partial charge in [-0.1, -0.05) is 42.9 Å². The summed E-state index contributed by atoms with van der Waals surface area (Å²) in [6.07, 6.45) is 6.91. The SMILES string of the molecule is CC1Cc2c([nH]c3ccccc23)CN1CC(C)(C)F.CCCCN1CCC(Oc2cncs2)C1. The van der Waals surface area contributed by atoms with Crippen LogP contribution in [-0.4, -0.2) is 63.8 Å². The second-order valence-electron chi connectivity index (χ2n) is 10.3. The molecule has 4 heterocycles. The molecule has 3 aromatic rings. The molecule has 0 aliphatic carbocycles. The summed E-state index contributed by atoms with van der Waals surface area (Å²) in [5.74, 6) is 0. The van der Waals surface area contributed by atoms with E-state index >= 15 is 0 Å². The molecule has 0 radical (unpaired) electrons. The highest BCUT2D eigenvalue weighted by Crippen LogP contribution is 2.31. The lowest BCUT2D eigenvalue weighted by molar-refractivity contribution is 0.0853. The Bertz CT molecular complexity index is 1030. The first-order chi connectivity index (χ1) is 16.3. The number of likely N-dealkylation sites (tertiary alicyclic amines) is 1. The minimum atomic E-state index is -1.14. The van der Waals surface area contributed by atoms with Crippen LogP contribution in [0.2, 0.25) is 0 Å². The molecule has 2 aromatic heterocycles. The van der Waals surface area contributed by atoms with E-state index in [9.17, 15) is 4.39 Å². The van der Waals surface area contributed by atoms with Gasteiger partial charge in [0.2, 0.25) is 0 Å². The van der Waals surface area contributed by atoms with Crippen LogP contribution in [0.1, 0.15) is 58.2 Å². The van der Waals surface area contributed by atoms with Crippen molar-refractivity contribution in [3.05, 3.63) is 47.2 Å². The first kappa shape index (κ1) is 25.1. The number of nitrogens with one attached hydrogen (secondary N) is 1. The molecule has 2 unspecified atom stereocenters. The molecular weight excluding hydrogens is 447 g/mol. The Labute approximate surface area is 207 Å². The van der Waals surface area contributed by atoms with Gasteiger partial charge in [-0.2, -0.15) is 0 Å². The number of halogens is 1. The fourth-order valence-corrected chi connectivity index (χ4v) is 5.55. The minimum Gasteiger partial charge on any atom is -0.478 e. The first-order valence-electron chi connectivity index (χ1n) is 12.6. The van der Waals surface area contributed by atoms with E-state index in [1.165, 1.54) is 48.1 Å². The van der Waals surface area contributed by atoms with E-state index in [0.29, 0.717) is 18.7 Å². The van der Waals surface area contributed by atoms with Crippen molar-refractivity contribution >= 4 is 22.2 Å². The summed E-state index contributed by atoms with van der Waals surface area (Å²) in [5.41, 5.74) is 4.54. The summed E-state index contributed by atoms with van der Waals surface area (Å²) in [6.45, 7) is 12.5.